The third-order valence-electron chi connectivity index (χ3n) is 7.00. The van der Waals surface area contributed by atoms with Gasteiger partial charge in [0.25, 0.3) is 11.7 Å². The van der Waals surface area contributed by atoms with E-state index in [4.69, 9.17) is 21.3 Å². The number of benzene rings is 1. The molecule has 2 amide bonds. The number of hydrogen-bond donors (Lipinski definition) is 1. The molecule has 2 aromatic rings. The van der Waals surface area contributed by atoms with Crippen molar-refractivity contribution >= 4 is 35.3 Å². The summed E-state index contributed by atoms with van der Waals surface area (Å²) in [7, 11) is 0. The summed E-state index contributed by atoms with van der Waals surface area (Å²) in [5.41, 5.74) is 0.170. The molecule has 1 aliphatic carbocycles. The Balaban J connectivity index is 1.22. The van der Waals surface area contributed by atoms with Crippen LogP contribution in [0.2, 0.25) is 5.02 Å². The minimum Gasteiger partial charge on any atom is -0.362 e. The predicted molar refractivity (Wildman–Crippen MR) is 139 cm³/mol. The molecule has 1 saturated heterocycles. The molecule has 1 spiro atoms. The maximum absolute atomic E-state index is 13.5. The van der Waals surface area contributed by atoms with Crippen molar-refractivity contribution in [2.24, 2.45) is 5.16 Å². The lowest BCUT2D eigenvalue weighted by Crippen LogP contribution is -2.57. The maximum atomic E-state index is 13.5. The van der Waals surface area contributed by atoms with Crippen molar-refractivity contribution in [3.8, 4) is 0 Å². The lowest BCUT2D eigenvalue weighted by Gasteiger charge is -2.39. The van der Waals surface area contributed by atoms with E-state index in [0.717, 1.165) is 24.8 Å². The fraction of sp³-hybridized carbons (Fsp3) is 0.462. The number of amides is 2. The molecule has 11 heteroatoms. The Morgan fingerprint density at radius 3 is 2.51 bits per heavy atom. The van der Waals surface area contributed by atoms with Crippen LogP contribution in [-0.2, 0) is 20.9 Å². The summed E-state index contributed by atoms with van der Waals surface area (Å²) < 4.78 is 0. The number of aromatic nitrogens is 1. The standard InChI is InChI=1S/C26H31ClN6O4/c27-21-10-7-14-28-22(21)31-16-18-32(19-17-31)24(34)23-30-37-26(12-5-2-6-13-26)33(23)36-25(35)29-15-11-20-8-3-1-4-9-20/h1,3-4,7-10,14H,2,5-6,11-13,15-19H2,(H,29,35). The first-order chi connectivity index (χ1) is 18.1. The number of hydrogen-bond acceptors (Lipinski definition) is 8. The number of rotatable bonds is 6. The highest BCUT2D eigenvalue weighted by atomic mass is 35.5. The van der Waals surface area contributed by atoms with Crippen LogP contribution in [0.3, 0.4) is 0 Å². The summed E-state index contributed by atoms with van der Waals surface area (Å²) in [6.07, 6.45) is 5.83. The molecular formula is C26H31ClN6O4. The molecule has 5 rings (SSSR count). The fourth-order valence-electron chi connectivity index (χ4n) is 4.99. The van der Waals surface area contributed by atoms with Gasteiger partial charge in [0.15, 0.2) is 0 Å². The van der Waals surface area contributed by atoms with E-state index in [1.54, 1.807) is 23.2 Å². The van der Waals surface area contributed by atoms with E-state index in [-0.39, 0.29) is 11.7 Å². The number of amidine groups is 1. The Kier molecular flexibility index (Phi) is 7.64. The fourth-order valence-corrected chi connectivity index (χ4v) is 5.23. The van der Waals surface area contributed by atoms with Crippen LogP contribution >= 0.6 is 11.6 Å². The van der Waals surface area contributed by atoms with Crippen molar-refractivity contribution < 1.29 is 19.3 Å². The monoisotopic (exact) mass is 526 g/mol. The Bertz CT molecular complexity index is 1130. The first-order valence-electron chi connectivity index (χ1n) is 12.8. The van der Waals surface area contributed by atoms with E-state index in [2.05, 4.69) is 20.4 Å². The highest BCUT2D eigenvalue weighted by molar-refractivity contribution is 6.37. The van der Waals surface area contributed by atoms with Crippen LogP contribution in [0.25, 0.3) is 0 Å². The molecule has 0 unspecified atom stereocenters. The van der Waals surface area contributed by atoms with Gasteiger partial charge in [0.1, 0.15) is 5.82 Å². The summed E-state index contributed by atoms with van der Waals surface area (Å²) in [5, 5.41) is 8.82. The summed E-state index contributed by atoms with van der Waals surface area (Å²) in [6.45, 7) is 2.46. The number of piperazine rings is 1. The summed E-state index contributed by atoms with van der Waals surface area (Å²) in [4.78, 5) is 45.9. The van der Waals surface area contributed by atoms with Gasteiger partial charge >= 0.3 is 6.09 Å². The van der Waals surface area contributed by atoms with Crippen molar-refractivity contribution in [3.63, 3.8) is 0 Å². The summed E-state index contributed by atoms with van der Waals surface area (Å²) in [5.74, 6) is 0.381. The lowest BCUT2D eigenvalue weighted by molar-refractivity contribution is -0.227. The molecule has 3 aliphatic rings. The van der Waals surface area contributed by atoms with Crippen molar-refractivity contribution in [2.75, 3.05) is 37.6 Å². The summed E-state index contributed by atoms with van der Waals surface area (Å²) >= 11 is 6.30. The van der Waals surface area contributed by atoms with Gasteiger partial charge in [-0.15, -0.1) is 5.06 Å². The topological polar surface area (TPSA) is 99.6 Å². The molecule has 2 fully saturated rings. The summed E-state index contributed by atoms with van der Waals surface area (Å²) in [6, 6.07) is 13.5. The second kappa shape index (κ2) is 11.2. The quantitative estimate of drug-likeness (QED) is 0.614. The lowest BCUT2D eigenvalue weighted by atomic mass is 9.91. The Hall–Kier alpha value is -3.53. The molecule has 37 heavy (non-hydrogen) atoms. The van der Waals surface area contributed by atoms with E-state index in [1.165, 1.54) is 5.06 Å². The van der Waals surface area contributed by atoms with Crippen LogP contribution in [0.5, 0.6) is 0 Å². The van der Waals surface area contributed by atoms with E-state index < -0.39 is 11.8 Å². The molecule has 1 aromatic carbocycles. The third-order valence-corrected chi connectivity index (χ3v) is 7.29. The number of carbonyl (C=O) groups excluding carboxylic acids is 2. The number of nitrogens with one attached hydrogen (secondary N) is 1. The van der Waals surface area contributed by atoms with Crippen LogP contribution in [0, 0.1) is 0 Å². The van der Waals surface area contributed by atoms with E-state index in [9.17, 15) is 9.59 Å². The zero-order chi connectivity index (χ0) is 25.7. The molecule has 0 radical (unpaired) electrons. The molecule has 196 valence electrons. The molecule has 0 bridgehead atoms. The minimum absolute atomic E-state index is 0.00410. The predicted octanol–water partition coefficient (Wildman–Crippen LogP) is 3.57. The Morgan fingerprint density at radius 2 is 1.78 bits per heavy atom. The molecule has 1 aromatic heterocycles. The van der Waals surface area contributed by atoms with Gasteiger partial charge in [0.05, 0.1) is 5.02 Å². The van der Waals surface area contributed by atoms with Crippen LogP contribution < -0.4 is 10.2 Å². The maximum Gasteiger partial charge on any atom is 0.431 e. The first-order valence-corrected chi connectivity index (χ1v) is 13.1. The van der Waals surface area contributed by atoms with E-state index in [1.807, 2.05) is 30.3 Å². The van der Waals surface area contributed by atoms with Gasteiger partial charge in [0.2, 0.25) is 5.72 Å². The second-order valence-electron chi connectivity index (χ2n) is 9.44. The second-order valence-corrected chi connectivity index (χ2v) is 9.84. The van der Waals surface area contributed by atoms with Gasteiger partial charge in [-0.05, 0) is 37.0 Å². The molecule has 2 aliphatic heterocycles. The van der Waals surface area contributed by atoms with Gasteiger partial charge in [-0.25, -0.2) is 9.78 Å². The smallest absolute Gasteiger partial charge is 0.362 e. The molecule has 1 N–H and O–H groups in total. The molecular weight excluding hydrogens is 496 g/mol. The van der Waals surface area contributed by atoms with Crippen LogP contribution in [0.4, 0.5) is 10.6 Å². The number of anilines is 1. The number of nitrogens with zero attached hydrogens (tertiary/aromatic N) is 5. The molecule has 1 saturated carbocycles. The molecule has 10 nitrogen and oxygen atoms in total. The average molecular weight is 527 g/mol. The van der Waals surface area contributed by atoms with Crippen molar-refractivity contribution in [3.05, 3.63) is 59.2 Å². The van der Waals surface area contributed by atoms with E-state index >= 15 is 0 Å². The average Bonchev–Trinajstić information content (AvgIpc) is 3.26. The van der Waals surface area contributed by atoms with Gasteiger partial charge in [-0.3, -0.25) is 4.79 Å². The minimum atomic E-state index is -0.941. The number of carbonyl (C=O) groups is 2. The largest absolute Gasteiger partial charge is 0.431 e. The number of halogens is 1. The molecule has 0 atom stereocenters. The normalized spacial score (nSPS) is 18.8. The molecule has 3 heterocycles. The van der Waals surface area contributed by atoms with Gasteiger partial charge in [-0.2, -0.15) is 0 Å². The van der Waals surface area contributed by atoms with Crippen molar-refractivity contribution in [2.45, 2.75) is 44.2 Å². The van der Waals surface area contributed by atoms with Crippen molar-refractivity contribution in [1.29, 1.82) is 0 Å². The Labute approximate surface area is 221 Å². The zero-order valence-corrected chi connectivity index (χ0v) is 21.4. The van der Waals surface area contributed by atoms with Crippen LogP contribution in [0.1, 0.15) is 37.7 Å². The SMILES string of the molecule is O=C(NCCc1ccccc1)ON1C(C(=O)N2CCN(c3ncccc3Cl)CC2)=NOC12CCCCC2. The van der Waals surface area contributed by atoms with Crippen LogP contribution in [0.15, 0.2) is 53.8 Å². The van der Waals surface area contributed by atoms with Crippen molar-refractivity contribution in [1.82, 2.24) is 20.3 Å². The first kappa shape index (κ1) is 25.1. The number of pyridine rings is 1. The van der Waals surface area contributed by atoms with E-state index in [0.29, 0.717) is 62.8 Å². The van der Waals surface area contributed by atoms with Crippen LogP contribution in [-0.4, -0.2) is 71.2 Å². The number of oxime groups is 1. The number of hydroxylamine groups is 2. The van der Waals surface area contributed by atoms with Gasteiger partial charge < -0.3 is 24.8 Å². The zero-order valence-electron chi connectivity index (χ0n) is 20.6. The Morgan fingerprint density at radius 1 is 1.03 bits per heavy atom. The third kappa shape index (κ3) is 5.58. The highest BCUT2D eigenvalue weighted by Crippen LogP contribution is 2.39. The van der Waals surface area contributed by atoms with Gasteiger partial charge in [-0.1, -0.05) is 53.5 Å². The van der Waals surface area contributed by atoms with Gasteiger partial charge in [0, 0.05) is 51.8 Å². The highest BCUT2D eigenvalue weighted by Gasteiger charge is 2.52.